The van der Waals surface area contributed by atoms with E-state index < -0.39 is 17.4 Å². The van der Waals surface area contributed by atoms with Crippen LogP contribution >= 0.6 is 11.6 Å². The smallest absolute Gasteiger partial charge is 0.324 e. The highest BCUT2D eigenvalue weighted by Gasteiger charge is 2.54. The van der Waals surface area contributed by atoms with E-state index in [9.17, 15) is 9.59 Å². The Kier molecular flexibility index (Phi) is 6.68. The molecule has 3 aromatic carbocycles. The summed E-state index contributed by atoms with van der Waals surface area (Å²) in [6, 6.07) is 27.9. The first-order chi connectivity index (χ1) is 19.4. The van der Waals surface area contributed by atoms with Crippen LogP contribution in [0.4, 0.5) is 0 Å². The second-order valence-electron chi connectivity index (χ2n) is 10.1. The maximum atomic E-state index is 13.3. The molecule has 2 aliphatic carbocycles. The Labute approximate surface area is 237 Å². The standard InChI is InChI=1S/C34H27ClO5/c1-38-32(36)34(33(37)39-2)19-25-17-24(21-9-5-3-6-10-21)18-27(22-11-7-4-8-12-22)30-29(25)28(20-34)40-31(30)23-13-15-26(35)16-14-23/h3-18,27H,19-20H2,1-2H3. The predicted octanol–water partition coefficient (Wildman–Crippen LogP) is 7.49. The van der Waals surface area contributed by atoms with Gasteiger partial charge in [0.15, 0.2) is 5.41 Å². The molecule has 0 saturated heterocycles. The molecule has 0 aliphatic heterocycles. The van der Waals surface area contributed by atoms with E-state index >= 15 is 0 Å². The first-order valence-electron chi connectivity index (χ1n) is 13.1. The molecule has 0 saturated carbocycles. The number of ether oxygens (including phenoxy) is 2. The topological polar surface area (TPSA) is 65.7 Å². The highest BCUT2D eigenvalue weighted by Crippen LogP contribution is 2.53. The number of hydrogen-bond acceptors (Lipinski definition) is 5. The molecule has 0 N–H and O–H groups in total. The van der Waals surface area contributed by atoms with E-state index in [0.717, 1.165) is 39.0 Å². The summed E-state index contributed by atoms with van der Waals surface area (Å²) in [6.07, 6.45) is 4.46. The van der Waals surface area contributed by atoms with Crippen molar-refractivity contribution in [2.24, 2.45) is 5.41 Å². The third-order valence-corrected chi connectivity index (χ3v) is 8.06. The Morgan fingerprint density at radius 3 is 2.08 bits per heavy atom. The van der Waals surface area contributed by atoms with Crippen molar-refractivity contribution in [2.75, 3.05) is 14.2 Å². The maximum absolute atomic E-state index is 13.3. The van der Waals surface area contributed by atoms with Crippen molar-refractivity contribution in [1.82, 2.24) is 0 Å². The van der Waals surface area contributed by atoms with Crippen LogP contribution in [-0.4, -0.2) is 26.2 Å². The Balaban J connectivity index is 1.68. The van der Waals surface area contributed by atoms with E-state index in [2.05, 4.69) is 36.4 Å². The van der Waals surface area contributed by atoms with Gasteiger partial charge in [0, 0.05) is 40.5 Å². The average molecular weight is 551 g/mol. The Bertz CT molecular complexity index is 1630. The van der Waals surface area contributed by atoms with E-state index in [1.807, 2.05) is 60.7 Å². The van der Waals surface area contributed by atoms with Gasteiger partial charge >= 0.3 is 11.9 Å². The number of methoxy groups -OCH3 is 2. The number of rotatable bonds is 5. The SMILES string of the molecule is COC(=O)C1(C(=O)OC)CC2=CC(c3ccccc3)=CC(c3ccccc3)c3c(-c4ccc(Cl)cc4)oc(c32)C1. The zero-order chi connectivity index (χ0) is 27.9. The van der Waals surface area contributed by atoms with Crippen LogP contribution in [0.25, 0.3) is 22.5 Å². The van der Waals surface area contributed by atoms with E-state index in [0.29, 0.717) is 16.5 Å². The van der Waals surface area contributed by atoms with Gasteiger partial charge in [0.1, 0.15) is 11.5 Å². The fourth-order valence-corrected chi connectivity index (χ4v) is 6.08. The molecule has 200 valence electrons. The quantitative estimate of drug-likeness (QED) is 0.190. The number of benzene rings is 3. The van der Waals surface area contributed by atoms with Crippen LogP contribution in [0.5, 0.6) is 0 Å². The van der Waals surface area contributed by atoms with Gasteiger partial charge in [-0.2, -0.15) is 0 Å². The van der Waals surface area contributed by atoms with E-state index in [-0.39, 0.29) is 18.8 Å². The molecule has 0 amide bonds. The summed E-state index contributed by atoms with van der Waals surface area (Å²) in [5.41, 5.74) is 5.13. The molecule has 40 heavy (non-hydrogen) atoms. The van der Waals surface area contributed by atoms with Crippen molar-refractivity contribution in [3.8, 4) is 11.3 Å². The minimum absolute atomic E-state index is 0.0296. The summed E-state index contributed by atoms with van der Waals surface area (Å²) < 4.78 is 17.0. The fourth-order valence-electron chi connectivity index (χ4n) is 5.95. The van der Waals surface area contributed by atoms with Gasteiger partial charge in [0.2, 0.25) is 0 Å². The number of carbonyl (C=O) groups excluding carboxylic acids is 2. The van der Waals surface area contributed by atoms with E-state index in [1.54, 1.807) is 0 Å². The van der Waals surface area contributed by atoms with Crippen molar-refractivity contribution in [3.63, 3.8) is 0 Å². The van der Waals surface area contributed by atoms with Crippen LogP contribution in [0.15, 0.2) is 101 Å². The Morgan fingerprint density at radius 1 is 0.825 bits per heavy atom. The molecule has 1 heterocycles. The van der Waals surface area contributed by atoms with Crippen LogP contribution in [0, 0.1) is 5.41 Å². The lowest BCUT2D eigenvalue weighted by Gasteiger charge is -2.32. The lowest BCUT2D eigenvalue weighted by atomic mass is 9.70. The van der Waals surface area contributed by atoms with Crippen LogP contribution < -0.4 is 0 Å². The minimum atomic E-state index is -1.57. The van der Waals surface area contributed by atoms with Crippen molar-refractivity contribution < 1.29 is 23.5 Å². The third-order valence-electron chi connectivity index (χ3n) is 7.81. The highest BCUT2D eigenvalue weighted by molar-refractivity contribution is 6.30. The van der Waals surface area contributed by atoms with Crippen LogP contribution in [0.3, 0.4) is 0 Å². The molecule has 0 bridgehead atoms. The van der Waals surface area contributed by atoms with Gasteiger partial charge in [-0.1, -0.05) is 84.4 Å². The molecule has 0 radical (unpaired) electrons. The van der Waals surface area contributed by atoms with Crippen molar-refractivity contribution in [2.45, 2.75) is 18.8 Å². The third kappa shape index (κ3) is 4.27. The van der Waals surface area contributed by atoms with Crippen molar-refractivity contribution in [3.05, 3.63) is 130 Å². The molecule has 0 spiro atoms. The number of furan rings is 1. The second-order valence-corrected chi connectivity index (χ2v) is 10.6. The molecule has 4 aromatic rings. The largest absolute Gasteiger partial charge is 0.468 e. The normalized spacial score (nSPS) is 17.1. The van der Waals surface area contributed by atoms with Crippen molar-refractivity contribution in [1.29, 1.82) is 0 Å². The summed E-state index contributed by atoms with van der Waals surface area (Å²) in [6.45, 7) is 0. The highest BCUT2D eigenvalue weighted by atomic mass is 35.5. The van der Waals surface area contributed by atoms with Gasteiger partial charge in [0.05, 0.1) is 14.2 Å². The zero-order valence-corrected chi connectivity index (χ0v) is 22.9. The first kappa shape index (κ1) is 25.9. The average Bonchev–Trinajstić information content (AvgIpc) is 3.28. The molecule has 2 aliphatic rings. The van der Waals surface area contributed by atoms with Crippen LogP contribution in [0.2, 0.25) is 5.02 Å². The second kappa shape index (κ2) is 10.3. The molecule has 5 nitrogen and oxygen atoms in total. The van der Waals surface area contributed by atoms with Gasteiger partial charge in [-0.05, 0) is 46.5 Å². The summed E-state index contributed by atoms with van der Waals surface area (Å²) in [5.74, 6) is -0.224. The van der Waals surface area contributed by atoms with Gasteiger partial charge in [-0.15, -0.1) is 0 Å². The minimum Gasteiger partial charge on any atom is -0.468 e. The number of allylic oxidation sites excluding steroid dienone is 4. The number of carbonyl (C=O) groups is 2. The molecule has 6 heteroatoms. The summed E-state index contributed by atoms with van der Waals surface area (Å²) in [4.78, 5) is 26.6. The molecule has 0 fully saturated rings. The number of halogens is 1. The fraction of sp³-hybridized carbons (Fsp3) is 0.176. The molecular formula is C34H27ClO5. The Morgan fingerprint density at radius 2 is 1.45 bits per heavy atom. The molecule has 1 unspecified atom stereocenters. The lowest BCUT2D eigenvalue weighted by Crippen LogP contribution is -2.45. The summed E-state index contributed by atoms with van der Waals surface area (Å²) in [7, 11) is 2.58. The van der Waals surface area contributed by atoms with Crippen LogP contribution in [0.1, 0.15) is 40.4 Å². The van der Waals surface area contributed by atoms with Gasteiger partial charge in [-0.3, -0.25) is 9.59 Å². The summed E-state index contributed by atoms with van der Waals surface area (Å²) >= 11 is 6.23. The predicted molar refractivity (Wildman–Crippen MR) is 155 cm³/mol. The summed E-state index contributed by atoms with van der Waals surface area (Å²) in [5, 5.41) is 0.618. The number of esters is 2. The monoisotopic (exact) mass is 550 g/mol. The number of hydrogen-bond donors (Lipinski definition) is 0. The molecule has 1 aromatic heterocycles. The molecular weight excluding hydrogens is 524 g/mol. The lowest BCUT2D eigenvalue weighted by molar-refractivity contribution is -0.169. The molecule has 1 atom stereocenters. The maximum Gasteiger partial charge on any atom is 0.324 e. The van der Waals surface area contributed by atoms with E-state index in [1.165, 1.54) is 14.2 Å². The molecule has 6 rings (SSSR count). The van der Waals surface area contributed by atoms with Crippen LogP contribution in [-0.2, 0) is 25.5 Å². The van der Waals surface area contributed by atoms with E-state index in [4.69, 9.17) is 25.5 Å². The van der Waals surface area contributed by atoms with Gasteiger partial charge in [0.25, 0.3) is 0 Å². The van der Waals surface area contributed by atoms with Gasteiger partial charge in [-0.25, -0.2) is 0 Å². The first-order valence-corrected chi connectivity index (χ1v) is 13.4. The van der Waals surface area contributed by atoms with Gasteiger partial charge < -0.3 is 13.9 Å². The van der Waals surface area contributed by atoms with Crippen molar-refractivity contribution >= 4 is 34.7 Å². The Hall–Kier alpha value is -4.35. The zero-order valence-electron chi connectivity index (χ0n) is 22.1.